The smallest absolute Gasteiger partial charge is 0.169 e. The number of aliphatic hydroxyl groups excluding tert-OH is 2. The van der Waals surface area contributed by atoms with Crippen LogP contribution in [0.1, 0.15) is 41.4 Å². The number of ketones is 4. The van der Waals surface area contributed by atoms with Gasteiger partial charge in [0.1, 0.15) is 30.7 Å². The molecule has 1 aromatic carbocycles. The molecule has 8 nitrogen and oxygen atoms in total. The first-order valence-electron chi connectivity index (χ1n) is 13.0. The van der Waals surface area contributed by atoms with Crippen molar-refractivity contribution in [1.29, 1.82) is 0 Å². The van der Waals surface area contributed by atoms with Crippen LogP contribution in [0.15, 0.2) is 32.3 Å². The van der Waals surface area contributed by atoms with Crippen LogP contribution in [0.4, 0.5) is 0 Å². The standard InChI is InChI=1S/C28H18Cl8O8/c1-43-23(5-37)25(33)11-12(26(23,34)20(30)19(25)29)16(40)8-4-10-9(3-7(8)15(11)39)17(41)13-14(18(10)42)28(36)22(32)21(31)27(13,35)24(28,6-38)44-2/h3-4,11-14,37-38H,5-6H2,1-2H3. The Bertz CT molecular complexity index is 1510. The summed E-state index contributed by atoms with van der Waals surface area (Å²) in [4.78, 5) is 48.9. The molecule has 0 saturated heterocycles. The number of fused-ring (bicyclic) bond motifs is 12. The number of aliphatic hydroxyl groups is 2. The molecule has 2 fully saturated rings. The predicted molar refractivity (Wildman–Crippen MR) is 163 cm³/mol. The average molecular weight is 766 g/mol. The molecule has 7 rings (SSSR count). The Morgan fingerprint density at radius 3 is 0.909 bits per heavy atom. The molecule has 6 aliphatic rings. The maximum absolute atomic E-state index is 14.3. The highest BCUT2D eigenvalue weighted by Crippen LogP contribution is 2.77. The highest BCUT2D eigenvalue weighted by Gasteiger charge is 2.88. The Kier molecular flexibility index (Phi) is 6.68. The maximum Gasteiger partial charge on any atom is 0.169 e. The van der Waals surface area contributed by atoms with E-state index in [1.54, 1.807) is 0 Å². The van der Waals surface area contributed by atoms with Crippen molar-refractivity contribution in [1.82, 2.24) is 0 Å². The number of ether oxygens (including phenoxy) is 2. The van der Waals surface area contributed by atoms with E-state index >= 15 is 0 Å². The van der Waals surface area contributed by atoms with Crippen molar-refractivity contribution in [2.45, 2.75) is 30.7 Å². The first-order chi connectivity index (χ1) is 20.5. The molecule has 2 saturated carbocycles. The minimum atomic E-state index is -2.06. The summed E-state index contributed by atoms with van der Waals surface area (Å²) in [5, 5.41) is 20.0. The second kappa shape index (κ2) is 9.16. The summed E-state index contributed by atoms with van der Waals surface area (Å²) < 4.78 is 11.3. The number of hydrogen-bond acceptors (Lipinski definition) is 8. The van der Waals surface area contributed by atoms with Crippen molar-refractivity contribution >= 4 is 116 Å². The van der Waals surface area contributed by atoms with Crippen LogP contribution in [0.2, 0.25) is 0 Å². The average Bonchev–Trinajstić information content (AvgIpc) is 3.42. The second-order valence-electron chi connectivity index (χ2n) is 11.8. The van der Waals surface area contributed by atoms with Gasteiger partial charge in [0.25, 0.3) is 0 Å². The Morgan fingerprint density at radius 2 is 0.750 bits per heavy atom. The Labute approximate surface area is 289 Å². The highest BCUT2D eigenvalue weighted by molar-refractivity contribution is 6.55. The molecule has 0 radical (unpaired) electrons. The summed E-state index contributed by atoms with van der Waals surface area (Å²) in [6.45, 7) is -1.72. The monoisotopic (exact) mass is 762 g/mol. The Hall–Kier alpha value is -0.460. The molecular formula is C28H18Cl8O8. The molecule has 0 heterocycles. The predicted octanol–water partition coefficient (Wildman–Crippen LogP) is 5.01. The first-order valence-corrected chi connectivity index (χ1v) is 16.0. The number of alkyl halides is 4. The van der Waals surface area contributed by atoms with Gasteiger partial charge in [-0.2, -0.15) is 0 Å². The van der Waals surface area contributed by atoms with E-state index in [-0.39, 0.29) is 42.4 Å². The lowest BCUT2D eigenvalue weighted by Gasteiger charge is -2.41. The fourth-order valence-corrected chi connectivity index (χ4v) is 13.3. The zero-order valence-corrected chi connectivity index (χ0v) is 28.3. The van der Waals surface area contributed by atoms with Crippen LogP contribution in [0.5, 0.6) is 0 Å². The Balaban J connectivity index is 1.45. The highest BCUT2D eigenvalue weighted by atomic mass is 35.5. The van der Waals surface area contributed by atoms with Crippen molar-refractivity contribution in [2.75, 3.05) is 27.4 Å². The van der Waals surface area contributed by atoms with Crippen LogP contribution in [0.25, 0.3) is 0 Å². The first kappa shape index (κ1) is 32.1. The Morgan fingerprint density at radius 1 is 0.545 bits per heavy atom. The topological polar surface area (TPSA) is 127 Å². The van der Waals surface area contributed by atoms with Crippen molar-refractivity contribution in [2.24, 2.45) is 23.7 Å². The third-order valence-electron chi connectivity index (χ3n) is 10.9. The molecule has 0 aromatic heterocycles. The van der Waals surface area contributed by atoms with Crippen molar-refractivity contribution < 1.29 is 38.9 Å². The molecule has 0 amide bonds. The molecule has 234 valence electrons. The van der Waals surface area contributed by atoms with Gasteiger partial charge in [-0.3, -0.25) is 19.2 Å². The number of Topliss-reactive ketones (excluding diaryl/α,β-unsaturated/α-hetero) is 4. The fraction of sp³-hybridized carbons (Fsp3) is 0.500. The molecule has 8 atom stereocenters. The van der Waals surface area contributed by atoms with Gasteiger partial charge >= 0.3 is 0 Å². The molecule has 4 bridgehead atoms. The summed E-state index contributed by atoms with van der Waals surface area (Å²) in [7, 11) is 2.38. The molecule has 0 spiro atoms. The van der Waals surface area contributed by atoms with Crippen molar-refractivity contribution in [3.8, 4) is 0 Å². The van der Waals surface area contributed by atoms with Crippen LogP contribution in [-0.2, 0) is 9.47 Å². The molecule has 8 unspecified atom stereocenters. The number of benzene rings is 1. The zero-order chi connectivity index (χ0) is 32.5. The largest absolute Gasteiger partial charge is 0.393 e. The summed E-state index contributed by atoms with van der Waals surface area (Å²) in [6, 6.07) is 2.24. The lowest BCUT2D eigenvalue weighted by atomic mass is 9.65. The van der Waals surface area contributed by atoms with Gasteiger partial charge in [-0.05, 0) is 12.1 Å². The summed E-state index contributed by atoms with van der Waals surface area (Å²) >= 11 is 54.4. The molecule has 0 aliphatic heterocycles. The van der Waals surface area contributed by atoms with Gasteiger partial charge in [-0.25, -0.2) is 0 Å². The van der Waals surface area contributed by atoms with Crippen LogP contribution < -0.4 is 0 Å². The third-order valence-corrected chi connectivity index (χ3v) is 16.3. The quantitative estimate of drug-likeness (QED) is 0.410. The maximum atomic E-state index is 14.3. The number of methoxy groups -OCH3 is 2. The van der Waals surface area contributed by atoms with E-state index in [1.807, 2.05) is 0 Å². The van der Waals surface area contributed by atoms with Crippen molar-refractivity contribution in [3.63, 3.8) is 0 Å². The van der Waals surface area contributed by atoms with Crippen LogP contribution in [0, 0.1) is 23.7 Å². The molecule has 6 aliphatic carbocycles. The molecule has 1 aromatic rings. The van der Waals surface area contributed by atoms with Crippen LogP contribution in [-0.4, -0.2) is 91.5 Å². The van der Waals surface area contributed by atoms with Crippen LogP contribution in [0.3, 0.4) is 0 Å². The molecule has 16 heteroatoms. The fourth-order valence-electron chi connectivity index (χ4n) is 8.94. The van der Waals surface area contributed by atoms with Gasteiger partial charge in [0.2, 0.25) is 0 Å². The van der Waals surface area contributed by atoms with E-state index in [9.17, 15) is 29.4 Å². The zero-order valence-electron chi connectivity index (χ0n) is 22.2. The number of halogens is 8. The molecule has 44 heavy (non-hydrogen) atoms. The third kappa shape index (κ3) is 2.68. The van der Waals surface area contributed by atoms with Gasteiger partial charge in [0.05, 0.1) is 57.0 Å². The molecule has 2 N–H and O–H groups in total. The SMILES string of the molecule is COC1(CO)C2(Cl)C(Cl)=C(Cl)C1(Cl)C1C(=O)c3cc4c(cc3C(=O)C12)C(=O)C1C(C4=O)C2(Cl)C(Cl)=C(Cl)C1(Cl)C2(CO)OC. The number of carbonyl (C=O) groups is 4. The van der Waals surface area contributed by atoms with Gasteiger partial charge < -0.3 is 19.7 Å². The van der Waals surface area contributed by atoms with E-state index in [0.29, 0.717) is 0 Å². The van der Waals surface area contributed by atoms with Gasteiger partial charge in [0, 0.05) is 36.5 Å². The number of carbonyl (C=O) groups excluding carboxylic acids is 4. The normalized spacial score (nSPS) is 46.6. The van der Waals surface area contributed by atoms with E-state index in [2.05, 4.69) is 0 Å². The summed E-state index contributed by atoms with van der Waals surface area (Å²) in [6.07, 6.45) is 0. The van der Waals surface area contributed by atoms with E-state index in [0.717, 1.165) is 12.1 Å². The minimum absolute atomic E-state index is 0.238. The van der Waals surface area contributed by atoms with E-state index < -0.39 is 90.7 Å². The van der Waals surface area contributed by atoms with E-state index in [1.165, 1.54) is 14.2 Å². The lowest BCUT2D eigenvalue weighted by molar-refractivity contribution is -0.0686. The molecular weight excluding hydrogens is 748 g/mol. The van der Waals surface area contributed by atoms with Gasteiger partial charge in [-0.1, -0.05) is 46.4 Å². The van der Waals surface area contributed by atoms with Crippen LogP contribution >= 0.6 is 92.8 Å². The summed E-state index contributed by atoms with van der Waals surface area (Å²) in [5.41, 5.74) is -4.94. The summed E-state index contributed by atoms with van der Waals surface area (Å²) in [5.74, 6) is -8.84. The van der Waals surface area contributed by atoms with E-state index in [4.69, 9.17) is 102 Å². The van der Waals surface area contributed by atoms with Gasteiger partial charge in [-0.15, -0.1) is 46.4 Å². The van der Waals surface area contributed by atoms with Gasteiger partial charge in [0.15, 0.2) is 23.1 Å². The minimum Gasteiger partial charge on any atom is -0.393 e. The van der Waals surface area contributed by atoms with Crippen molar-refractivity contribution in [3.05, 3.63) is 54.5 Å². The number of rotatable bonds is 4. The number of hydrogen-bond donors (Lipinski definition) is 2. The second-order valence-corrected chi connectivity index (χ2v) is 15.7. The lowest BCUT2D eigenvalue weighted by Crippen LogP contribution is -2.59.